The molecule has 8 nitrogen and oxygen atoms in total. The van der Waals surface area contributed by atoms with Crippen molar-refractivity contribution in [2.45, 2.75) is 39.2 Å². The van der Waals surface area contributed by atoms with Gasteiger partial charge >= 0.3 is 0 Å². The summed E-state index contributed by atoms with van der Waals surface area (Å²) < 4.78 is 23.4. The first-order valence-electron chi connectivity index (χ1n) is 10.6. The molecule has 9 heteroatoms. The highest BCUT2D eigenvalue weighted by Crippen LogP contribution is 2.25. The van der Waals surface area contributed by atoms with Crippen LogP contribution < -0.4 is 4.90 Å². The van der Waals surface area contributed by atoms with Crippen molar-refractivity contribution in [3.8, 4) is 0 Å². The molecule has 0 radical (unpaired) electrons. The summed E-state index contributed by atoms with van der Waals surface area (Å²) in [6.45, 7) is 8.54. The maximum absolute atomic E-state index is 13.0. The van der Waals surface area contributed by atoms with Crippen molar-refractivity contribution in [3.63, 3.8) is 0 Å². The number of aryl methyl sites for hydroxylation is 2. The molecular weight excluding hydrogens is 390 g/mol. The van der Waals surface area contributed by atoms with Crippen molar-refractivity contribution in [3.05, 3.63) is 17.5 Å². The lowest BCUT2D eigenvalue weighted by Gasteiger charge is -2.40. The van der Waals surface area contributed by atoms with Crippen LogP contribution in [0.2, 0.25) is 0 Å². The smallest absolute Gasteiger partial charge is 0.225 e. The van der Waals surface area contributed by atoms with E-state index in [1.807, 2.05) is 24.8 Å². The van der Waals surface area contributed by atoms with E-state index in [1.54, 1.807) is 0 Å². The van der Waals surface area contributed by atoms with Crippen LogP contribution in [0.1, 0.15) is 30.7 Å². The zero-order valence-corrected chi connectivity index (χ0v) is 18.2. The summed E-state index contributed by atoms with van der Waals surface area (Å²) in [4.78, 5) is 28.5. The fourth-order valence-corrected chi connectivity index (χ4v) is 6.57. The predicted octanol–water partition coefficient (Wildman–Crippen LogP) is 0.641. The van der Waals surface area contributed by atoms with E-state index >= 15 is 0 Å². The number of carbonyl (C=O) groups is 1. The van der Waals surface area contributed by atoms with E-state index in [9.17, 15) is 13.2 Å². The molecule has 4 heterocycles. The minimum atomic E-state index is -2.86. The maximum atomic E-state index is 13.0. The van der Waals surface area contributed by atoms with Gasteiger partial charge in [0.2, 0.25) is 11.9 Å². The zero-order valence-electron chi connectivity index (χ0n) is 17.4. The molecule has 3 aliphatic rings. The van der Waals surface area contributed by atoms with E-state index in [1.165, 1.54) is 0 Å². The zero-order chi connectivity index (χ0) is 20.6. The summed E-state index contributed by atoms with van der Waals surface area (Å²) in [5, 5.41) is 0. The molecular formula is C20H31N5O3S. The monoisotopic (exact) mass is 421 g/mol. The third-order valence-electron chi connectivity index (χ3n) is 6.45. The molecule has 0 aliphatic carbocycles. The third kappa shape index (κ3) is 4.71. The molecule has 1 aromatic rings. The molecule has 0 spiro atoms. The van der Waals surface area contributed by atoms with Crippen LogP contribution in [0.4, 0.5) is 5.95 Å². The Hall–Kier alpha value is -1.74. The van der Waals surface area contributed by atoms with Crippen molar-refractivity contribution in [2.75, 3.05) is 55.7 Å². The number of hydrogen-bond acceptors (Lipinski definition) is 7. The van der Waals surface area contributed by atoms with Crippen LogP contribution in [0, 0.1) is 19.8 Å². The molecule has 160 valence electrons. The van der Waals surface area contributed by atoms with Gasteiger partial charge in [0.05, 0.1) is 11.5 Å². The normalized spacial score (nSPS) is 26.1. The van der Waals surface area contributed by atoms with E-state index in [-0.39, 0.29) is 23.6 Å². The standard InChI is InChI=1S/C20H31N5O3S/c1-15-13-16(2)22-20(21-15)25-6-3-17(4-7-25)19(26)24-10-8-23(9-11-24)18-5-12-29(27,28)14-18/h13,17-18H,3-12,14H2,1-2H3/t18-/m1/s1. The second kappa shape index (κ2) is 8.18. The van der Waals surface area contributed by atoms with Crippen molar-refractivity contribution in [1.29, 1.82) is 0 Å². The van der Waals surface area contributed by atoms with Crippen LogP contribution in [0.5, 0.6) is 0 Å². The maximum Gasteiger partial charge on any atom is 0.225 e. The number of carbonyl (C=O) groups excluding carboxylic acids is 1. The minimum absolute atomic E-state index is 0.0653. The summed E-state index contributed by atoms with van der Waals surface area (Å²) in [5.41, 5.74) is 1.94. The van der Waals surface area contributed by atoms with Gasteiger partial charge in [0.15, 0.2) is 9.84 Å². The van der Waals surface area contributed by atoms with Gasteiger partial charge in [-0.1, -0.05) is 0 Å². The van der Waals surface area contributed by atoms with Crippen LogP contribution in [0.3, 0.4) is 0 Å². The number of aromatic nitrogens is 2. The second-order valence-electron chi connectivity index (χ2n) is 8.63. The molecule has 0 aromatic carbocycles. The molecule has 3 aliphatic heterocycles. The van der Waals surface area contributed by atoms with E-state index < -0.39 is 9.84 Å². The van der Waals surface area contributed by atoms with Gasteiger partial charge in [-0.3, -0.25) is 9.69 Å². The van der Waals surface area contributed by atoms with Crippen LogP contribution in [-0.4, -0.2) is 90.9 Å². The van der Waals surface area contributed by atoms with Crippen LogP contribution in [0.15, 0.2) is 6.07 Å². The van der Waals surface area contributed by atoms with Gasteiger partial charge < -0.3 is 9.80 Å². The fraction of sp³-hybridized carbons (Fsp3) is 0.750. The Morgan fingerprint density at radius 3 is 2.14 bits per heavy atom. The summed E-state index contributed by atoms with van der Waals surface area (Å²) in [7, 11) is -2.86. The molecule has 0 bridgehead atoms. The number of nitrogens with zero attached hydrogens (tertiary/aromatic N) is 5. The Kier molecular flexibility index (Phi) is 5.79. The molecule has 3 fully saturated rings. The molecule has 0 N–H and O–H groups in total. The molecule has 0 unspecified atom stereocenters. The Bertz CT molecular complexity index is 839. The Morgan fingerprint density at radius 1 is 0.966 bits per heavy atom. The van der Waals surface area contributed by atoms with Gasteiger partial charge in [0.25, 0.3) is 0 Å². The highest BCUT2D eigenvalue weighted by Gasteiger charge is 2.36. The van der Waals surface area contributed by atoms with Crippen LogP contribution >= 0.6 is 0 Å². The Morgan fingerprint density at radius 2 is 1.59 bits per heavy atom. The molecule has 3 saturated heterocycles. The third-order valence-corrected chi connectivity index (χ3v) is 8.20. The number of hydrogen-bond donors (Lipinski definition) is 0. The SMILES string of the molecule is Cc1cc(C)nc(N2CCC(C(=O)N3CCN([C@@H]4CCS(=O)(=O)C4)CC3)CC2)n1. The highest BCUT2D eigenvalue weighted by atomic mass is 32.2. The number of rotatable bonds is 3. The first-order chi connectivity index (χ1) is 13.8. The lowest BCUT2D eigenvalue weighted by molar-refractivity contribution is -0.138. The topological polar surface area (TPSA) is 86.7 Å². The number of piperazine rings is 1. The second-order valence-corrected chi connectivity index (χ2v) is 10.9. The number of amides is 1. The Balaban J connectivity index is 1.27. The van der Waals surface area contributed by atoms with Gasteiger partial charge in [-0.2, -0.15) is 0 Å². The van der Waals surface area contributed by atoms with Gasteiger partial charge in [0.1, 0.15) is 0 Å². The predicted molar refractivity (Wildman–Crippen MR) is 112 cm³/mol. The van der Waals surface area contributed by atoms with Crippen molar-refractivity contribution in [1.82, 2.24) is 19.8 Å². The van der Waals surface area contributed by atoms with Crippen LogP contribution in [0.25, 0.3) is 0 Å². The van der Waals surface area contributed by atoms with Crippen molar-refractivity contribution in [2.24, 2.45) is 5.92 Å². The van der Waals surface area contributed by atoms with E-state index in [0.717, 1.165) is 62.8 Å². The summed E-state index contributed by atoms with van der Waals surface area (Å²) >= 11 is 0. The van der Waals surface area contributed by atoms with Gasteiger partial charge in [-0.05, 0) is 39.2 Å². The number of piperidine rings is 1. The van der Waals surface area contributed by atoms with Crippen molar-refractivity contribution >= 4 is 21.7 Å². The van der Waals surface area contributed by atoms with E-state index in [4.69, 9.17) is 0 Å². The molecule has 4 rings (SSSR count). The molecule has 1 aromatic heterocycles. The molecule has 1 amide bonds. The summed E-state index contributed by atoms with van der Waals surface area (Å²) in [5.74, 6) is 1.67. The van der Waals surface area contributed by atoms with Gasteiger partial charge in [-0.25, -0.2) is 18.4 Å². The molecule has 1 atom stereocenters. The number of anilines is 1. The van der Waals surface area contributed by atoms with Crippen LogP contribution in [-0.2, 0) is 14.6 Å². The minimum Gasteiger partial charge on any atom is -0.341 e. The fourth-order valence-electron chi connectivity index (χ4n) is 4.80. The van der Waals surface area contributed by atoms with Crippen molar-refractivity contribution < 1.29 is 13.2 Å². The number of sulfone groups is 1. The molecule has 29 heavy (non-hydrogen) atoms. The van der Waals surface area contributed by atoms with Gasteiger partial charge in [0, 0.05) is 62.6 Å². The average Bonchev–Trinajstić information content (AvgIpc) is 3.07. The quantitative estimate of drug-likeness (QED) is 0.708. The largest absolute Gasteiger partial charge is 0.341 e. The highest BCUT2D eigenvalue weighted by molar-refractivity contribution is 7.91. The van der Waals surface area contributed by atoms with E-state index in [0.29, 0.717) is 18.8 Å². The van der Waals surface area contributed by atoms with Gasteiger partial charge in [-0.15, -0.1) is 0 Å². The lowest BCUT2D eigenvalue weighted by atomic mass is 9.95. The summed E-state index contributed by atoms with van der Waals surface area (Å²) in [6.07, 6.45) is 2.39. The Labute approximate surface area is 173 Å². The average molecular weight is 422 g/mol. The molecule has 0 saturated carbocycles. The summed E-state index contributed by atoms with van der Waals surface area (Å²) in [6, 6.07) is 2.11. The first kappa shape index (κ1) is 20.5. The van der Waals surface area contributed by atoms with E-state index in [2.05, 4.69) is 19.8 Å². The lowest BCUT2D eigenvalue weighted by Crippen LogP contribution is -2.54. The first-order valence-corrected chi connectivity index (χ1v) is 12.4.